The minimum absolute atomic E-state index is 0.0797. The zero-order valence-corrected chi connectivity index (χ0v) is 40.5. The molecule has 7 aromatic carbocycles. The Kier molecular flexibility index (Phi) is 19.1. The fourth-order valence-electron chi connectivity index (χ4n) is 7.51. The van der Waals surface area contributed by atoms with Crippen LogP contribution in [-0.4, -0.2) is 30.8 Å². The van der Waals surface area contributed by atoms with Crippen molar-refractivity contribution in [2.75, 3.05) is 7.11 Å². The molecule has 0 radical (unpaired) electrons. The summed E-state index contributed by atoms with van der Waals surface area (Å²) in [5, 5.41) is 0. The predicted molar refractivity (Wildman–Crippen MR) is 268 cm³/mol. The maximum Gasteiger partial charge on any atom is 0.308 e. The third kappa shape index (κ3) is 14.5. The molecular weight excluding hydrogens is 837 g/mol. The first kappa shape index (κ1) is 52.0. The van der Waals surface area contributed by atoms with Crippen LogP contribution in [0.4, 0.5) is 0 Å². The summed E-state index contributed by atoms with van der Waals surface area (Å²) in [6.07, 6.45) is 0. The van der Waals surface area contributed by atoms with E-state index >= 15 is 0 Å². The fraction of sp³-hybridized carbons (Fsp3) is 0.220. The summed E-state index contributed by atoms with van der Waals surface area (Å²) in [5.41, 5.74) is 9.72. The van der Waals surface area contributed by atoms with Crippen molar-refractivity contribution < 1.29 is 38.1 Å². The number of aryl methyl sites for hydroxylation is 2. The fourth-order valence-corrected chi connectivity index (χ4v) is 7.51. The second kappa shape index (κ2) is 24.6. The van der Waals surface area contributed by atoms with Gasteiger partial charge in [0, 0.05) is 20.8 Å². The summed E-state index contributed by atoms with van der Waals surface area (Å²) in [7, 11) is 1.70. The number of fused-ring (bicyclic) bond motifs is 3. The molecule has 0 spiro atoms. The van der Waals surface area contributed by atoms with Gasteiger partial charge in [0.2, 0.25) is 0 Å². The number of benzene rings is 7. The van der Waals surface area contributed by atoms with Gasteiger partial charge in [0.25, 0.3) is 0 Å². The van der Waals surface area contributed by atoms with Gasteiger partial charge in [0.1, 0.15) is 17.3 Å². The summed E-state index contributed by atoms with van der Waals surface area (Å²) < 4.78 is 21.1. The molecule has 0 bridgehead atoms. The zero-order valence-electron chi connectivity index (χ0n) is 40.5. The van der Waals surface area contributed by atoms with Gasteiger partial charge in [-0.3, -0.25) is 14.4 Å². The molecule has 8 rings (SSSR count). The van der Waals surface area contributed by atoms with Crippen molar-refractivity contribution in [3.05, 3.63) is 215 Å². The van der Waals surface area contributed by atoms with Gasteiger partial charge in [-0.05, 0) is 107 Å². The largest absolute Gasteiger partial charge is 0.496 e. The average Bonchev–Trinajstić information content (AvgIpc) is 3.59. The minimum Gasteiger partial charge on any atom is -0.496 e. The average molecular weight is 899 g/mol. The van der Waals surface area contributed by atoms with Crippen LogP contribution in [-0.2, 0) is 30.0 Å². The Morgan fingerprint density at radius 2 is 0.761 bits per heavy atom. The van der Waals surface area contributed by atoms with Gasteiger partial charge in [-0.25, -0.2) is 0 Å². The first-order valence-electron chi connectivity index (χ1n) is 22.0. The third-order valence-corrected chi connectivity index (χ3v) is 10.3. The van der Waals surface area contributed by atoms with E-state index in [1.165, 1.54) is 62.4 Å². The van der Waals surface area contributed by atoms with E-state index in [0.29, 0.717) is 5.75 Å². The molecule has 1 aliphatic rings. The Balaban J connectivity index is 0.000000238. The van der Waals surface area contributed by atoms with Gasteiger partial charge in [0.15, 0.2) is 11.5 Å². The number of ketones is 1. The van der Waals surface area contributed by atoms with Crippen LogP contribution in [0.3, 0.4) is 0 Å². The highest BCUT2D eigenvalue weighted by molar-refractivity contribution is 5.86. The third-order valence-electron chi connectivity index (χ3n) is 10.3. The maximum absolute atomic E-state index is 11.6. The Morgan fingerprint density at radius 1 is 0.418 bits per heavy atom. The molecule has 0 heterocycles. The number of ether oxygens (including phenoxy) is 4. The van der Waals surface area contributed by atoms with Crippen LogP contribution < -0.4 is 18.9 Å². The molecule has 0 unspecified atom stereocenters. The van der Waals surface area contributed by atoms with Crippen molar-refractivity contribution in [2.45, 2.75) is 80.1 Å². The van der Waals surface area contributed by atoms with Crippen molar-refractivity contribution in [2.24, 2.45) is 0 Å². The number of carbonyl (C=O) groups is 4. The Labute approximate surface area is 396 Å². The Hall–Kier alpha value is -7.58. The monoisotopic (exact) mass is 898 g/mol. The highest BCUT2D eigenvalue weighted by Crippen LogP contribution is 2.56. The van der Waals surface area contributed by atoms with Crippen molar-refractivity contribution in [1.29, 1.82) is 0 Å². The number of esters is 3. The van der Waals surface area contributed by atoms with E-state index in [-0.39, 0.29) is 28.7 Å². The molecule has 8 heteroatoms. The lowest BCUT2D eigenvalue weighted by atomic mass is 9.67. The summed E-state index contributed by atoms with van der Waals surface area (Å²) in [4.78, 5) is 43.0. The smallest absolute Gasteiger partial charge is 0.308 e. The van der Waals surface area contributed by atoms with Gasteiger partial charge >= 0.3 is 17.9 Å². The quantitative estimate of drug-likeness (QED) is 0.120. The summed E-state index contributed by atoms with van der Waals surface area (Å²) in [6, 6.07) is 59.1. The molecule has 0 aromatic heterocycles. The van der Waals surface area contributed by atoms with E-state index in [2.05, 4.69) is 85.8 Å². The molecule has 7 aromatic rings. The summed E-state index contributed by atoms with van der Waals surface area (Å²) in [5.74, 6) is 0.932. The molecule has 0 atom stereocenters. The summed E-state index contributed by atoms with van der Waals surface area (Å²) in [6.45, 7) is 17.3. The Bertz CT molecular complexity index is 2600. The van der Waals surface area contributed by atoms with Crippen molar-refractivity contribution >= 4 is 23.7 Å². The number of rotatable bonds is 6. The van der Waals surface area contributed by atoms with Crippen LogP contribution in [0.2, 0.25) is 0 Å². The van der Waals surface area contributed by atoms with Crippen LogP contribution in [0, 0.1) is 13.8 Å². The number of carbonyl (C=O) groups excluding carboxylic acids is 4. The lowest BCUT2D eigenvalue weighted by Crippen LogP contribution is -2.29. The van der Waals surface area contributed by atoms with E-state index < -0.39 is 17.4 Å². The number of methoxy groups -OCH3 is 1. The standard InChI is InChI=1S/C30H26O3.C14H18O4.2C6H6.C3H6O/c1-19-17-22(13-15-28(19)32-4)30(23-14-16-29(20(2)18-23)33-21(3)31)26-11-7-5-9-24(26)25-10-6-8-12-27(25)30;1-9(15)17-12-7-6-11(14(3,4)5)8-13(12)18-10(2)16;2*1-2-4-6-5-3-1;1-3(2)4/h5-18H,1-4H3;6-8H,1-5H3;2*1-6H;1-2H3. The maximum atomic E-state index is 11.6. The van der Waals surface area contributed by atoms with Gasteiger partial charge in [-0.2, -0.15) is 0 Å². The van der Waals surface area contributed by atoms with Crippen LogP contribution in [0.25, 0.3) is 11.1 Å². The molecule has 346 valence electrons. The van der Waals surface area contributed by atoms with Crippen molar-refractivity contribution in [1.82, 2.24) is 0 Å². The van der Waals surface area contributed by atoms with Gasteiger partial charge < -0.3 is 23.7 Å². The van der Waals surface area contributed by atoms with E-state index in [0.717, 1.165) is 28.0 Å². The molecule has 1 aliphatic carbocycles. The second-order valence-electron chi connectivity index (χ2n) is 16.9. The minimum atomic E-state index is -0.496. The first-order chi connectivity index (χ1) is 31.9. The van der Waals surface area contributed by atoms with Gasteiger partial charge in [0.05, 0.1) is 12.5 Å². The number of hydrogen-bond donors (Lipinski definition) is 0. The molecule has 0 N–H and O–H groups in total. The highest BCUT2D eigenvalue weighted by Gasteiger charge is 2.46. The van der Waals surface area contributed by atoms with Crippen molar-refractivity contribution in [3.8, 4) is 34.1 Å². The first-order valence-corrected chi connectivity index (χ1v) is 22.0. The molecule has 8 nitrogen and oxygen atoms in total. The topological polar surface area (TPSA) is 105 Å². The lowest BCUT2D eigenvalue weighted by molar-refractivity contribution is -0.134. The molecule has 0 fully saturated rings. The molecular formula is C59H62O8. The van der Waals surface area contributed by atoms with Crippen LogP contribution in [0.1, 0.15) is 94.3 Å². The molecule has 0 amide bonds. The number of hydrogen-bond acceptors (Lipinski definition) is 8. The predicted octanol–water partition coefficient (Wildman–Crippen LogP) is 13.4. The summed E-state index contributed by atoms with van der Waals surface area (Å²) >= 11 is 0. The van der Waals surface area contributed by atoms with E-state index in [9.17, 15) is 19.2 Å². The molecule has 0 aliphatic heterocycles. The van der Waals surface area contributed by atoms with Crippen LogP contribution >= 0.6 is 0 Å². The van der Waals surface area contributed by atoms with E-state index in [4.69, 9.17) is 18.9 Å². The zero-order chi connectivity index (χ0) is 49.1. The number of Topliss-reactive ketones (excluding diaryl/α,β-unsaturated/α-hetero) is 1. The SMILES string of the molecule is CC(=O)Oc1ccc(C(C)(C)C)cc1OC(C)=O.CC(C)=O.COc1ccc(C2(c3ccc(OC(C)=O)c(C)c3)c3ccccc3-c3ccccc32)cc1C.c1ccccc1.c1ccccc1. The van der Waals surface area contributed by atoms with E-state index in [1.807, 2.05) is 113 Å². The van der Waals surface area contributed by atoms with Gasteiger partial charge in [-0.15, -0.1) is 0 Å². The molecule has 67 heavy (non-hydrogen) atoms. The molecule has 0 saturated carbocycles. The highest BCUT2D eigenvalue weighted by atomic mass is 16.6. The van der Waals surface area contributed by atoms with Gasteiger partial charge in [-0.1, -0.05) is 172 Å². The second-order valence-corrected chi connectivity index (χ2v) is 16.9. The van der Waals surface area contributed by atoms with Crippen molar-refractivity contribution in [3.63, 3.8) is 0 Å². The Morgan fingerprint density at radius 3 is 1.12 bits per heavy atom. The normalized spacial score (nSPS) is 11.3. The van der Waals surface area contributed by atoms with Crippen LogP contribution in [0.5, 0.6) is 23.0 Å². The van der Waals surface area contributed by atoms with E-state index in [1.54, 1.807) is 19.2 Å². The lowest BCUT2D eigenvalue weighted by Gasteiger charge is -2.34. The molecule has 0 saturated heterocycles. The van der Waals surface area contributed by atoms with Crippen LogP contribution in [0.15, 0.2) is 176 Å².